The van der Waals surface area contributed by atoms with E-state index in [-0.39, 0.29) is 0 Å². The summed E-state index contributed by atoms with van der Waals surface area (Å²) in [6.45, 7) is 5.61. The van der Waals surface area contributed by atoms with E-state index in [4.69, 9.17) is 4.74 Å². The van der Waals surface area contributed by atoms with Gasteiger partial charge in [-0.15, -0.1) is 0 Å². The lowest BCUT2D eigenvalue weighted by atomic mass is 9.88. The molecule has 1 fully saturated rings. The molecule has 1 saturated heterocycles. The molecule has 0 radical (unpaired) electrons. The lowest BCUT2D eigenvalue weighted by Gasteiger charge is -2.23. The molecule has 1 heterocycles. The number of ether oxygens (including phenoxy) is 1. The number of hydrogen-bond acceptors (Lipinski definition) is 1. The summed E-state index contributed by atoms with van der Waals surface area (Å²) in [6.07, 6.45) is 17.3. The molecule has 1 aliphatic rings. The van der Waals surface area contributed by atoms with E-state index in [9.17, 15) is 0 Å². The minimum atomic E-state index is 0.605. The first-order valence-corrected chi connectivity index (χ1v) is 8.50. The monoisotopic (exact) mass is 254 g/mol. The first kappa shape index (κ1) is 16.0. The minimum Gasteiger partial charge on any atom is -0.378 e. The Morgan fingerprint density at radius 1 is 0.889 bits per heavy atom. The van der Waals surface area contributed by atoms with Gasteiger partial charge in [-0.2, -0.15) is 0 Å². The Kier molecular flexibility index (Phi) is 9.65. The molecule has 108 valence electrons. The zero-order valence-corrected chi connectivity index (χ0v) is 12.8. The van der Waals surface area contributed by atoms with Crippen LogP contribution in [0.15, 0.2) is 0 Å². The maximum atomic E-state index is 5.93. The van der Waals surface area contributed by atoms with Gasteiger partial charge in [-0.25, -0.2) is 0 Å². The van der Waals surface area contributed by atoms with Gasteiger partial charge in [0.15, 0.2) is 0 Å². The molecule has 0 aromatic rings. The minimum absolute atomic E-state index is 0.605. The van der Waals surface area contributed by atoms with Crippen molar-refractivity contribution in [2.75, 3.05) is 6.61 Å². The Morgan fingerprint density at radius 2 is 1.50 bits per heavy atom. The summed E-state index contributed by atoms with van der Waals surface area (Å²) in [6, 6.07) is 0. The summed E-state index contributed by atoms with van der Waals surface area (Å²) in [5.74, 6) is 0.862. The van der Waals surface area contributed by atoms with E-state index in [0.717, 1.165) is 12.5 Å². The van der Waals surface area contributed by atoms with Crippen LogP contribution in [0, 0.1) is 5.92 Å². The molecule has 0 saturated carbocycles. The van der Waals surface area contributed by atoms with E-state index in [1.807, 2.05) is 0 Å². The van der Waals surface area contributed by atoms with Crippen LogP contribution in [-0.4, -0.2) is 12.7 Å². The molecule has 0 amide bonds. The Hall–Kier alpha value is -0.0400. The van der Waals surface area contributed by atoms with Crippen LogP contribution in [0.3, 0.4) is 0 Å². The highest BCUT2D eigenvalue weighted by Crippen LogP contribution is 2.29. The quantitative estimate of drug-likeness (QED) is 0.428. The molecule has 18 heavy (non-hydrogen) atoms. The van der Waals surface area contributed by atoms with Crippen molar-refractivity contribution in [1.29, 1.82) is 0 Å². The van der Waals surface area contributed by atoms with Crippen molar-refractivity contribution in [3.8, 4) is 0 Å². The van der Waals surface area contributed by atoms with Crippen LogP contribution in [0.1, 0.15) is 90.9 Å². The van der Waals surface area contributed by atoms with Gasteiger partial charge in [0.1, 0.15) is 0 Å². The summed E-state index contributed by atoms with van der Waals surface area (Å²) in [5, 5.41) is 0. The third-order valence-corrected chi connectivity index (χ3v) is 4.35. The van der Waals surface area contributed by atoms with Crippen LogP contribution < -0.4 is 0 Å². The maximum absolute atomic E-state index is 5.93. The predicted molar refractivity (Wildman–Crippen MR) is 80.0 cm³/mol. The van der Waals surface area contributed by atoms with Gasteiger partial charge in [-0.3, -0.25) is 0 Å². The topological polar surface area (TPSA) is 9.23 Å². The first-order chi connectivity index (χ1) is 8.88. The third-order valence-electron chi connectivity index (χ3n) is 4.35. The van der Waals surface area contributed by atoms with Gasteiger partial charge < -0.3 is 4.74 Å². The van der Waals surface area contributed by atoms with Gasteiger partial charge in [-0.1, -0.05) is 65.2 Å². The standard InChI is InChI=1S/C17H34O/c1-3-5-7-9-12-16(13-10-8-6-4-2)17-14-11-15-18-17/h16-17H,3-15H2,1-2H3/t17-/m1/s1. The SMILES string of the molecule is CCCCCCC(CCCCCC)[C@H]1CCCO1. The lowest BCUT2D eigenvalue weighted by molar-refractivity contribution is 0.0538. The molecule has 0 aromatic heterocycles. The van der Waals surface area contributed by atoms with E-state index >= 15 is 0 Å². The van der Waals surface area contributed by atoms with Gasteiger partial charge in [0.25, 0.3) is 0 Å². The number of rotatable bonds is 11. The zero-order valence-electron chi connectivity index (χ0n) is 12.8. The van der Waals surface area contributed by atoms with Crippen LogP contribution in [-0.2, 0) is 4.74 Å². The fourth-order valence-corrected chi connectivity index (χ4v) is 3.16. The van der Waals surface area contributed by atoms with Gasteiger partial charge in [0, 0.05) is 6.61 Å². The van der Waals surface area contributed by atoms with Crippen molar-refractivity contribution in [3.05, 3.63) is 0 Å². The summed E-state index contributed by atoms with van der Waals surface area (Å²) in [5.41, 5.74) is 0. The summed E-state index contributed by atoms with van der Waals surface area (Å²) in [7, 11) is 0. The normalized spacial score (nSPS) is 19.8. The van der Waals surface area contributed by atoms with Crippen molar-refractivity contribution >= 4 is 0 Å². The lowest BCUT2D eigenvalue weighted by Crippen LogP contribution is -2.19. The van der Waals surface area contributed by atoms with Crippen LogP contribution in [0.2, 0.25) is 0 Å². The first-order valence-electron chi connectivity index (χ1n) is 8.50. The van der Waals surface area contributed by atoms with E-state index < -0.39 is 0 Å². The molecule has 1 atom stereocenters. The Morgan fingerprint density at radius 3 is 1.94 bits per heavy atom. The molecule has 1 aliphatic heterocycles. The van der Waals surface area contributed by atoms with E-state index in [2.05, 4.69) is 13.8 Å². The van der Waals surface area contributed by atoms with E-state index in [1.54, 1.807) is 0 Å². The highest BCUT2D eigenvalue weighted by atomic mass is 16.5. The van der Waals surface area contributed by atoms with Crippen molar-refractivity contribution in [1.82, 2.24) is 0 Å². The second kappa shape index (κ2) is 10.8. The highest BCUT2D eigenvalue weighted by molar-refractivity contribution is 4.75. The molecule has 0 spiro atoms. The second-order valence-corrected chi connectivity index (χ2v) is 6.01. The van der Waals surface area contributed by atoms with Crippen molar-refractivity contribution in [3.63, 3.8) is 0 Å². The number of unbranched alkanes of at least 4 members (excludes halogenated alkanes) is 6. The molecule has 0 N–H and O–H groups in total. The van der Waals surface area contributed by atoms with Gasteiger partial charge >= 0.3 is 0 Å². The second-order valence-electron chi connectivity index (χ2n) is 6.01. The molecule has 0 bridgehead atoms. The smallest absolute Gasteiger partial charge is 0.0604 e. The summed E-state index contributed by atoms with van der Waals surface area (Å²) < 4.78 is 5.93. The van der Waals surface area contributed by atoms with Gasteiger partial charge in [0.2, 0.25) is 0 Å². The van der Waals surface area contributed by atoms with E-state index in [0.29, 0.717) is 6.10 Å². The molecule has 1 rings (SSSR count). The highest BCUT2D eigenvalue weighted by Gasteiger charge is 2.24. The van der Waals surface area contributed by atoms with Crippen LogP contribution in [0.5, 0.6) is 0 Å². The fourth-order valence-electron chi connectivity index (χ4n) is 3.16. The van der Waals surface area contributed by atoms with Gasteiger partial charge in [0.05, 0.1) is 6.10 Å². The fraction of sp³-hybridized carbons (Fsp3) is 1.00. The zero-order chi connectivity index (χ0) is 13.1. The van der Waals surface area contributed by atoms with Crippen molar-refractivity contribution < 1.29 is 4.74 Å². The molecule has 0 aromatic carbocycles. The molecule has 1 heteroatoms. The molecule has 1 nitrogen and oxygen atoms in total. The third kappa shape index (κ3) is 6.78. The summed E-state index contributed by atoms with van der Waals surface area (Å²) in [4.78, 5) is 0. The summed E-state index contributed by atoms with van der Waals surface area (Å²) >= 11 is 0. The average Bonchev–Trinajstić information content (AvgIpc) is 2.91. The maximum Gasteiger partial charge on any atom is 0.0604 e. The molecule has 0 aliphatic carbocycles. The number of hydrogen-bond donors (Lipinski definition) is 0. The molecular formula is C17H34O. The Bertz CT molecular complexity index is 160. The van der Waals surface area contributed by atoms with Crippen molar-refractivity contribution in [2.24, 2.45) is 5.92 Å². The van der Waals surface area contributed by atoms with Crippen molar-refractivity contribution in [2.45, 2.75) is 97.0 Å². The van der Waals surface area contributed by atoms with Crippen LogP contribution in [0.25, 0.3) is 0 Å². The largest absolute Gasteiger partial charge is 0.378 e. The van der Waals surface area contributed by atoms with Gasteiger partial charge in [-0.05, 0) is 31.6 Å². The molecule has 0 unspecified atom stereocenters. The van der Waals surface area contributed by atoms with Crippen LogP contribution >= 0.6 is 0 Å². The predicted octanol–water partition coefficient (Wildman–Crippen LogP) is 5.72. The Balaban J connectivity index is 2.18. The average molecular weight is 254 g/mol. The molecular weight excluding hydrogens is 220 g/mol. The van der Waals surface area contributed by atoms with E-state index in [1.165, 1.54) is 77.0 Å². The van der Waals surface area contributed by atoms with Crippen LogP contribution in [0.4, 0.5) is 0 Å². The Labute approximate surface area is 115 Å².